The third-order valence-electron chi connectivity index (χ3n) is 2.90. The largest absolute Gasteiger partial charge is 0.338 e. The average molecular weight is 266 g/mol. The lowest BCUT2D eigenvalue weighted by molar-refractivity contribution is -0.384. The number of non-ortho nitro benzene ring substituents is 1. The zero-order chi connectivity index (χ0) is 13.9. The van der Waals surface area contributed by atoms with Crippen LogP contribution in [0.25, 0.3) is 22.6 Å². The highest BCUT2D eigenvalue weighted by Gasteiger charge is 2.10. The first kappa shape index (κ1) is 12.0. The van der Waals surface area contributed by atoms with Gasteiger partial charge in [0, 0.05) is 35.7 Å². The number of hydrogen-bond acceptors (Lipinski definition) is 4. The van der Waals surface area contributed by atoms with Crippen molar-refractivity contribution in [1.29, 1.82) is 0 Å². The molecule has 0 bridgehead atoms. The Kier molecular flexibility index (Phi) is 2.96. The van der Waals surface area contributed by atoms with Crippen molar-refractivity contribution in [2.24, 2.45) is 0 Å². The lowest BCUT2D eigenvalue weighted by atomic mass is 10.2. The fourth-order valence-corrected chi connectivity index (χ4v) is 1.91. The molecule has 98 valence electrons. The van der Waals surface area contributed by atoms with Crippen molar-refractivity contribution in [3.8, 4) is 22.6 Å². The zero-order valence-electron chi connectivity index (χ0n) is 10.4. The fraction of sp³-hybridized carbons (Fsp3) is 0. The zero-order valence-corrected chi connectivity index (χ0v) is 10.4. The van der Waals surface area contributed by atoms with Crippen LogP contribution >= 0.6 is 0 Å². The Hall–Kier alpha value is -3.02. The number of pyridine rings is 1. The molecule has 0 aliphatic heterocycles. The quantitative estimate of drug-likeness (QED) is 0.583. The SMILES string of the molecule is O=[N+]([O-])c1cccc(-c2ncc(-c3ccncc3)[nH]2)c1. The number of H-pyrrole nitrogens is 1. The maximum absolute atomic E-state index is 10.8. The summed E-state index contributed by atoms with van der Waals surface area (Å²) in [6, 6.07) is 10.1. The second-order valence-corrected chi connectivity index (χ2v) is 4.19. The van der Waals surface area contributed by atoms with E-state index in [-0.39, 0.29) is 5.69 Å². The van der Waals surface area contributed by atoms with Gasteiger partial charge in [-0.3, -0.25) is 15.1 Å². The molecule has 3 aromatic rings. The molecule has 20 heavy (non-hydrogen) atoms. The van der Waals surface area contributed by atoms with Gasteiger partial charge < -0.3 is 4.98 Å². The topological polar surface area (TPSA) is 84.7 Å². The molecule has 0 amide bonds. The highest BCUT2D eigenvalue weighted by atomic mass is 16.6. The molecule has 2 heterocycles. The van der Waals surface area contributed by atoms with Crippen molar-refractivity contribution in [3.63, 3.8) is 0 Å². The number of nitro benzene ring substituents is 1. The molecule has 6 heteroatoms. The summed E-state index contributed by atoms with van der Waals surface area (Å²) < 4.78 is 0. The lowest BCUT2D eigenvalue weighted by Crippen LogP contribution is -1.88. The van der Waals surface area contributed by atoms with Gasteiger partial charge in [0.25, 0.3) is 5.69 Å². The molecule has 0 fully saturated rings. The maximum Gasteiger partial charge on any atom is 0.270 e. The van der Waals surface area contributed by atoms with Crippen LogP contribution in [0.5, 0.6) is 0 Å². The molecule has 1 aromatic carbocycles. The summed E-state index contributed by atoms with van der Waals surface area (Å²) in [6.45, 7) is 0. The second-order valence-electron chi connectivity index (χ2n) is 4.19. The summed E-state index contributed by atoms with van der Waals surface area (Å²) in [5.74, 6) is 0.598. The molecule has 0 aliphatic carbocycles. The van der Waals surface area contributed by atoms with Crippen molar-refractivity contribution in [3.05, 3.63) is 65.1 Å². The number of imidazole rings is 1. The van der Waals surface area contributed by atoms with Crippen LogP contribution in [0.3, 0.4) is 0 Å². The van der Waals surface area contributed by atoms with Crippen LogP contribution in [0.15, 0.2) is 55.0 Å². The number of aromatic nitrogens is 3. The number of rotatable bonds is 3. The smallest absolute Gasteiger partial charge is 0.270 e. The van der Waals surface area contributed by atoms with Crippen molar-refractivity contribution in [2.45, 2.75) is 0 Å². The monoisotopic (exact) mass is 266 g/mol. The first-order valence-corrected chi connectivity index (χ1v) is 5.94. The summed E-state index contributed by atoms with van der Waals surface area (Å²) >= 11 is 0. The minimum atomic E-state index is -0.420. The first-order valence-electron chi connectivity index (χ1n) is 5.94. The van der Waals surface area contributed by atoms with Gasteiger partial charge in [-0.05, 0) is 12.1 Å². The van der Waals surface area contributed by atoms with Crippen LogP contribution in [-0.2, 0) is 0 Å². The molecule has 0 unspecified atom stereocenters. The predicted molar refractivity (Wildman–Crippen MR) is 73.9 cm³/mol. The molecule has 0 spiro atoms. The number of benzene rings is 1. The summed E-state index contributed by atoms with van der Waals surface area (Å²) in [5, 5.41) is 10.8. The number of nitrogens with zero attached hydrogens (tertiary/aromatic N) is 3. The Morgan fingerprint density at radius 2 is 1.90 bits per heavy atom. The molecular weight excluding hydrogens is 256 g/mol. The van der Waals surface area contributed by atoms with E-state index in [1.165, 1.54) is 12.1 Å². The van der Waals surface area contributed by atoms with Gasteiger partial charge in [0.2, 0.25) is 0 Å². The van der Waals surface area contributed by atoms with Gasteiger partial charge in [0.05, 0.1) is 16.8 Å². The Morgan fingerprint density at radius 3 is 2.65 bits per heavy atom. The third kappa shape index (κ3) is 2.26. The van der Waals surface area contributed by atoms with E-state index in [0.29, 0.717) is 11.4 Å². The molecule has 0 saturated carbocycles. The fourth-order valence-electron chi connectivity index (χ4n) is 1.91. The Morgan fingerprint density at radius 1 is 1.10 bits per heavy atom. The van der Waals surface area contributed by atoms with Gasteiger partial charge in [-0.15, -0.1) is 0 Å². The predicted octanol–water partition coefficient (Wildman–Crippen LogP) is 3.05. The average Bonchev–Trinajstić information content (AvgIpc) is 2.98. The van der Waals surface area contributed by atoms with E-state index < -0.39 is 4.92 Å². The molecule has 6 nitrogen and oxygen atoms in total. The molecule has 0 aliphatic rings. The van der Waals surface area contributed by atoms with E-state index in [1.54, 1.807) is 30.7 Å². The van der Waals surface area contributed by atoms with E-state index in [9.17, 15) is 10.1 Å². The highest BCUT2D eigenvalue weighted by molar-refractivity contribution is 5.65. The van der Waals surface area contributed by atoms with Crippen LogP contribution in [0.4, 0.5) is 5.69 Å². The van der Waals surface area contributed by atoms with Crippen molar-refractivity contribution in [1.82, 2.24) is 15.0 Å². The van der Waals surface area contributed by atoms with Gasteiger partial charge in [0.15, 0.2) is 0 Å². The molecule has 0 radical (unpaired) electrons. The summed E-state index contributed by atoms with van der Waals surface area (Å²) in [4.78, 5) is 21.7. The standard InChI is InChI=1S/C14H10N4O2/c19-18(20)12-3-1-2-11(8-12)14-16-9-13(17-14)10-4-6-15-7-5-10/h1-9H,(H,16,17). The van der Waals surface area contributed by atoms with Crippen LogP contribution in [0.1, 0.15) is 0 Å². The number of nitro groups is 1. The van der Waals surface area contributed by atoms with E-state index in [2.05, 4.69) is 15.0 Å². The normalized spacial score (nSPS) is 10.4. The van der Waals surface area contributed by atoms with Gasteiger partial charge in [-0.2, -0.15) is 0 Å². The van der Waals surface area contributed by atoms with Gasteiger partial charge in [-0.1, -0.05) is 12.1 Å². The lowest BCUT2D eigenvalue weighted by Gasteiger charge is -1.98. The van der Waals surface area contributed by atoms with Crippen LogP contribution in [0.2, 0.25) is 0 Å². The maximum atomic E-state index is 10.8. The van der Waals surface area contributed by atoms with Crippen LogP contribution in [0, 0.1) is 10.1 Å². The van der Waals surface area contributed by atoms with E-state index in [4.69, 9.17) is 0 Å². The molecular formula is C14H10N4O2. The van der Waals surface area contributed by atoms with Crippen LogP contribution in [-0.4, -0.2) is 19.9 Å². The molecule has 2 aromatic heterocycles. The van der Waals surface area contributed by atoms with E-state index >= 15 is 0 Å². The van der Waals surface area contributed by atoms with Crippen molar-refractivity contribution >= 4 is 5.69 Å². The van der Waals surface area contributed by atoms with Crippen LogP contribution < -0.4 is 0 Å². The Balaban J connectivity index is 1.98. The molecule has 3 rings (SSSR count). The van der Waals surface area contributed by atoms with Gasteiger partial charge in [-0.25, -0.2) is 4.98 Å². The summed E-state index contributed by atoms with van der Waals surface area (Å²) in [5.41, 5.74) is 2.53. The summed E-state index contributed by atoms with van der Waals surface area (Å²) in [7, 11) is 0. The van der Waals surface area contributed by atoms with E-state index in [0.717, 1.165) is 11.3 Å². The first-order chi connectivity index (χ1) is 9.74. The minimum absolute atomic E-state index is 0.0457. The molecule has 1 N–H and O–H groups in total. The van der Waals surface area contributed by atoms with Crippen molar-refractivity contribution < 1.29 is 4.92 Å². The number of nitrogens with one attached hydrogen (secondary N) is 1. The summed E-state index contributed by atoms with van der Waals surface area (Å²) in [6.07, 6.45) is 5.09. The second kappa shape index (κ2) is 4.93. The van der Waals surface area contributed by atoms with Gasteiger partial charge in [0.1, 0.15) is 5.82 Å². The molecule has 0 atom stereocenters. The minimum Gasteiger partial charge on any atom is -0.338 e. The third-order valence-corrected chi connectivity index (χ3v) is 2.90. The van der Waals surface area contributed by atoms with E-state index in [1.807, 2.05) is 12.1 Å². The Bertz CT molecular complexity index is 753. The number of aromatic amines is 1. The molecule has 0 saturated heterocycles. The Labute approximate surface area is 114 Å². The van der Waals surface area contributed by atoms with Gasteiger partial charge >= 0.3 is 0 Å². The highest BCUT2D eigenvalue weighted by Crippen LogP contribution is 2.24. The number of hydrogen-bond donors (Lipinski definition) is 1. The van der Waals surface area contributed by atoms with Crippen molar-refractivity contribution in [2.75, 3.05) is 0 Å².